The number of hydrogen-bond acceptors (Lipinski definition) is 6. The Balaban J connectivity index is 2.70. The first-order valence-electron chi connectivity index (χ1n) is 7.49. The van der Waals surface area contributed by atoms with Crippen LogP contribution >= 0.6 is 23.8 Å². The smallest absolute Gasteiger partial charge is 0.374 e. The number of nitro benzene ring substituents is 2. The number of hydrogen-bond donors (Lipinski definition) is 2. The fraction of sp³-hybridized carbons (Fsp3) is 0.133. The molecule has 0 unspecified atom stereocenters. The van der Waals surface area contributed by atoms with E-state index in [0.29, 0.717) is 5.56 Å². The van der Waals surface area contributed by atoms with E-state index in [0.717, 1.165) is 5.01 Å². The number of halogens is 4. The lowest BCUT2D eigenvalue weighted by Crippen LogP contribution is -2.40. The van der Waals surface area contributed by atoms with E-state index in [1.165, 1.54) is 12.1 Å². The monoisotopic (exact) mass is 449 g/mol. The molecule has 0 aromatic heterocycles. The summed E-state index contributed by atoms with van der Waals surface area (Å²) in [5.74, 6) is 0. The standard InChI is InChI=1S/C15H11ClF3N5O4S/c1-7-2-3-9(6-10(7)16)22(14(20)29)21-13-11(23(25)26)4-8(15(17,18)19)5-12(13)24(27)28/h2-6,21H,1H3,(H2,20,29). The van der Waals surface area contributed by atoms with Crippen LogP contribution in [0.5, 0.6) is 0 Å². The van der Waals surface area contributed by atoms with Gasteiger partial charge < -0.3 is 5.73 Å². The number of nitrogens with two attached hydrogens (primary N) is 1. The van der Waals surface area contributed by atoms with Crippen LogP contribution in [0.25, 0.3) is 0 Å². The zero-order valence-corrected chi connectivity index (χ0v) is 15.9. The average Bonchev–Trinajstić information content (AvgIpc) is 2.60. The highest BCUT2D eigenvalue weighted by Gasteiger charge is 2.38. The van der Waals surface area contributed by atoms with Crippen LogP contribution in [0.1, 0.15) is 11.1 Å². The molecule has 0 heterocycles. The molecule has 0 saturated heterocycles. The van der Waals surface area contributed by atoms with E-state index in [1.807, 2.05) is 0 Å². The molecule has 3 N–H and O–H groups in total. The molecule has 0 amide bonds. The van der Waals surface area contributed by atoms with E-state index in [9.17, 15) is 33.4 Å². The van der Waals surface area contributed by atoms with E-state index >= 15 is 0 Å². The SMILES string of the molecule is Cc1ccc(N(Nc2c([N+](=O)[O-])cc(C(F)(F)F)cc2[N+](=O)[O-])C(N)=S)cc1Cl. The third-order valence-corrected chi connectivity index (χ3v) is 4.26. The predicted molar refractivity (Wildman–Crippen MR) is 104 cm³/mol. The van der Waals surface area contributed by atoms with Crippen LogP contribution in [0, 0.1) is 27.2 Å². The summed E-state index contributed by atoms with van der Waals surface area (Å²) in [6.07, 6.45) is -5.04. The summed E-state index contributed by atoms with van der Waals surface area (Å²) in [5.41, 5.74) is 3.92. The molecule has 0 bridgehead atoms. The van der Waals surface area contributed by atoms with E-state index in [2.05, 4.69) is 5.43 Å². The Kier molecular flexibility index (Phi) is 6.13. The summed E-state index contributed by atoms with van der Waals surface area (Å²) in [4.78, 5) is 20.3. The highest BCUT2D eigenvalue weighted by atomic mass is 35.5. The number of anilines is 2. The van der Waals surface area contributed by atoms with Crippen molar-refractivity contribution < 1.29 is 23.0 Å². The second-order valence-electron chi connectivity index (χ2n) is 5.62. The first-order valence-corrected chi connectivity index (χ1v) is 8.28. The van der Waals surface area contributed by atoms with Crippen LogP contribution in [0.3, 0.4) is 0 Å². The number of nitrogens with zero attached hydrogens (tertiary/aromatic N) is 3. The van der Waals surface area contributed by atoms with Gasteiger partial charge in [-0.1, -0.05) is 17.7 Å². The number of nitro groups is 2. The molecule has 0 fully saturated rings. The summed E-state index contributed by atoms with van der Waals surface area (Å²) < 4.78 is 39.0. The van der Waals surface area contributed by atoms with Crippen LogP contribution in [0.4, 0.5) is 35.9 Å². The second kappa shape index (κ2) is 8.05. The topological polar surface area (TPSA) is 128 Å². The van der Waals surface area contributed by atoms with E-state index < -0.39 is 43.8 Å². The Morgan fingerprint density at radius 1 is 1.17 bits per heavy atom. The Bertz CT molecular complexity index is 983. The first-order chi connectivity index (χ1) is 13.3. The van der Waals surface area contributed by atoms with Crippen LogP contribution in [-0.2, 0) is 6.18 Å². The van der Waals surface area contributed by atoms with Crippen LogP contribution in [0.15, 0.2) is 30.3 Å². The van der Waals surface area contributed by atoms with Gasteiger partial charge in [-0.2, -0.15) is 13.2 Å². The fourth-order valence-corrected chi connectivity index (χ4v) is 2.58. The van der Waals surface area contributed by atoms with Crippen molar-refractivity contribution in [3.63, 3.8) is 0 Å². The average molecular weight is 450 g/mol. The van der Waals surface area contributed by atoms with Crippen LogP contribution in [-0.4, -0.2) is 15.0 Å². The van der Waals surface area contributed by atoms with Crippen molar-refractivity contribution in [3.8, 4) is 0 Å². The highest BCUT2D eigenvalue weighted by Crippen LogP contribution is 2.41. The summed E-state index contributed by atoms with van der Waals surface area (Å²) in [7, 11) is 0. The molecule has 0 spiro atoms. The van der Waals surface area contributed by atoms with E-state index in [1.54, 1.807) is 13.0 Å². The molecule has 0 aliphatic heterocycles. The molecule has 2 aromatic carbocycles. The van der Waals surface area contributed by atoms with Gasteiger partial charge in [-0.25, -0.2) is 5.01 Å². The summed E-state index contributed by atoms with van der Waals surface area (Å²) in [5, 5.41) is 23.4. The number of aryl methyl sites for hydroxylation is 1. The van der Waals surface area contributed by atoms with Gasteiger partial charge in [0.25, 0.3) is 0 Å². The number of thiocarbonyl (C=S) groups is 1. The van der Waals surface area contributed by atoms with Gasteiger partial charge in [0.2, 0.25) is 5.69 Å². The summed E-state index contributed by atoms with van der Waals surface area (Å²) in [6.45, 7) is 1.69. The van der Waals surface area contributed by atoms with Gasteiger partial charge in [0.15, 0.2) is 5.11 Å². The molecule has 0 radical (unpaired) electrons. The lowest BCUT2D eigenvalue weighted by atomic mass is 10.1. The molecule has 29 heavy (non-hydrogen) atoms. The Morgan fingerprint density at radius 3 is 2.07 bits per heavy atom. The molecule has 9 nitrogen and oxygen atoms in total. The van der Waals surface area contributed by atoms with Crippen molar-refractivity contribution in [2.45, 2.75) is 13.1 Å². The van der Waals surface area contributed by atoms with Crippen molar-refractivity contribution in [2.24, 2.45) is 5.73 Å². The molecule has 0 aliphatic carbocycles. The zero-order valence-electron chi connectivity index (χ0n) is 14.4. The van der Waals surface area contributed by atoms with Gasteiger partial charge >= 0.3 is 17.6 Å². The molecule has 2 rings (SSSR count). The number of benzene rings is 2. The van der Waals surface area contributed by atoms with Gasteiger partial charge in [0, 0.05) is 17.2 Å². The predicted octanol–water partition coefficient (Wildman–Crippen LogP) is 4.56. The van der Waals surface area contributed by atoms with Crippen LogP contribution < -0.4 is 16.2 Å². The Labute approximate surface area is 171 Å². The molecule has 0 aliphatic rings. The van der Waals surface area contributed by atoms with Crippen molar-refractivity contribution in [1.29, 1.82) is 0 Å². The van der Waals surface area contributed by atoms with E-state index in [-0.39, 0.29) is 22.8 Å². The third kappa shape index (κ3) is 4.81. The minimum Gasteiger partial charge on any atom is -0.374 e. The lowest BCUT2D eigenvalue weighted by molar-refractivity contribution is -0.392. The Morgan fingerprint density at radius 2 is 1.69 bits per heavy atom. The summed E-state index contributed by atoms with van der Waals surface area (Å²) in [6, 6.07) is 4.73. The molecule has 14 heteroatoms. The van der Waals surface area contributed by atoms with E-state index in [4.69, 9.17) is 29.6 Å². The number of hydrazine groups is 1. The molecular weight excluding hydrogens is 439 g/mol. The molecule has 0 saturated carbocycles. The van der Waals surface area contributed by atoms with Crippen molar-refractivity contribution >= 4 is 51.7 Å². The van der Waals surface area contributed by atoms with Gasteiger partial charge in [-0.15, -0.1) is 0 Å². The maximum absolute atomic E-state index is 13.0. The molecule has 154 valence electrons. The normalized spacial score (nSPS) is 11.1. The number of nitrogens with one attached hydrogen (secondary N) is 1. The highest BCUT2D eigenvalue weighted by molar-refractivity contribution is 7.80. The Hall–Kier alpha value is -3.19. The van der Waals surface area contributed by atoms with Gasteiger partial charge in [-0.05, 0) is 36.8 Å². The minimum atomic E-state index is -5.04. The number of rotatable bonds is 5. The van der Waals surface area contributed by atoms with Crippen LogP contribution in [0.2, 0.25) is 5.02 Å². The quantitative estimate of drug-likeness (QED) is 0.386. The molecule has 2 aromatic rings. The largest absolute Gasteiger partial charge is 0.416 e. The fourth-order valence-electron chi connectivity index (χ4n) is 2.26. The lowest BCUT2D eigenvalue weighted by Gasteiger charge is -2.25. The third-order valence-electron chi connectivity index (χ3n) is 3.68. The van der Waals surface area contributed by atoms with Gasteiger partial charge in [0.1, 0.15) is 0 Å². The minimum absolute atomic E-state index is 0.150. The maximum atomic E-state index is 13.0. The van der Waals surface area contributed by atoms with Gasteiger partial charge in [-0.3, -0.25) is 25.7 Å². The maximum Gasteiger partial charge on any atom is 0.416 e. The molecular formula is C15H11ClF3N5O4S. The molecule has 0 atom stereocenters. The zero-order chi connectivity index (χ0) is 22.1. The van der Waals surface area contributed by atoms with Crippen molar-refractivity contribution in [1.82, 2.24) is 0 Å². The first kappa shape index (κ1) is 22.1. The second-order valence-corrected chi connectivity index (χ2v) is 6.45. The van der Waals surface area contributed by atoms with Gasteiger partial charge in [0.05, 0.1) is 21.1 Å². The summed E-state index contributed by atoms with van der Waals surface area (Å²) >= 11 is 10.9. The van der Waals surface area contributed by atoms with Crippen molar-refractivity contribution in [2.75, 3.05) is 10.4 Å². The number of alkyl halides is 3. The van der Waals surface area contributed by atoms with Crippen molar-refractivity contribution in [3.05, 3.63) is 66.7 Å².